The fraction of sp³-hybridized carbons (Fsp3) is 0.333. The molecule has 0 aliphatic carbocycles. The lowest BCUT2D eigenvalue weighted by atomic mass is 9.97. The first-order valence-corrected chi connectivity index (χ1v) is 6.06. The first kappa shape index (κ1) is 13.6. The normalized spacial score (nSPS) is 14.9. The average Bonchev–Trinajstić information content (AvgIpc) is 2.27. The van der Waals surface area contributed by atoms with Crippen LogP contribution in [0.1, 0.15) is 6.42 Å². The summed E-state index contributed by atoms with van der Waals surface area (Å²) in [5.41, 5.74) is 0.401. The molecular weight excluding hydrogens is 275 g/mol. The van der Waals surface area contributed by atoms with Gasteiger partial charge in [0.15, 0.2) is 0 Å². The highest BCUT2D eigenvalue weighted by Crippen LogP contribution is 2.22. The zero-order valence-corrected chi connectivity index (χ0v) is 10.7. The molecule has 0 aromatic heterocycles. The number of likely N-dealkylation sites (tertiary alicyclic amines) is 1. The Bertz CT molecular complexity index is 518. The number of nitrogens with zero attached hydrogens (tertiary/aromatic N) is 1. The summed E-state index contributed by atoms with van der Waals surface area (Å²) in [6, 6.07) is 3.56. The summed E-state index contributed by atoms with van der Waals surface area (Å²) < 4.78 is 12.9. The fourth-order valence-electron chi connectivity index (χ4n) is 1.89. The van der Waals surface area contributed by atoms with Gasteiger partial charge in [-0.1, -0.05) is 11.6 Å². The van der Waals surface area contributed by atoms with Gasteiger partial charge in [-0.05, 0) is 18.2 Å². The second-order valence-corrected chi connectivity index (χ2v) is 4.84. The maximum atomic E-state index is 12.9. The van der Waals surface area contributed by atoms with Crippen molar-refractivity contribution < 1.29 is 19.1 Å². The van der Waals surface area contributed by atoms with Crippen molar-refractivity contribution in [2.24, 2.45) is 5.92 Å². The fourth-order valence-corrected chi connectivity index (χ4v) is 2.07. The van der Waals surface area contributed by atoms with Gasteiger partial charge in [0.2, 0.25) is 0 Å². The van der Waals surface area contributed by atoms with Crippen LogP contribution in [0, 0.1) is 11.7 Å². The quantitative estimate of drug-likeness (QED) is 0.896. The Morgan fingerprint density at radius 2 is 2.16 bits per heavy atom. The molecule has 5 nitrogen and oxygen atoms in total. The number of amides is 2. The number of benzene rings is 1. The molecule has 2 N–H and O–H groups in total. The lowest BCUT2D eigenvalue weighted by molar-refractivity contribution is -0.139. The minimum atomic E-state index is -0.865. The molecule has 1 aliphatic rings. The molecule has 7 heteroatoms. The lowest BCUT2D eigenvalue weighted by Gasteiger charge is -2.38. The number of carbonyl (C=O) groups excluding carboxylic acids is 1. The van der Waals surface area contributed by atoms with E-state index in [4.69, 9.17) is 16.7 Å². The van der Waals surface area contributed by atoms with Crippen LogP contribution in [0.5, 0.6) is 0 Å². The summed E-state index contributed by atoms with van der Waals surface area (Å²) in [4.78, 5) is 23.7. The number of carboxylic acids is 1. The third kappa shape index (κ3) is 3.35. The van der Waals surface area contributed by atoms with Gasteiger partial charge < -0.3 is 15.3 Å². The Labute approximate surface area is 114 Å². The van der Waals surface area contributed by atoms with Gasteiger partial charge in [0, 0.05) is 24.7 Å². The van der Waals surface area contributed by atoms with Crippen LogP contribution in [-0.4, -0.2) is 35.1 Å². The van der Waals surface area contributed by atoms with Gasteiger partial charge in [-0.25, -0.2) is 9.18 Å². The number of aliphatic carboxylic acids is 1. The van der Waals surface area contributed by atoms with Gasteiger partial charge >= 0.3 is 12.0 Å². The van der Waals surface area contributed by atoms with Gasteiger partial charge in [-0.15, -0.1) is 0 Å². The smallest absolute Gasteiger partial charge is 0.321 e. The van der Waals surface area contributed by atoms with Crippen LogP contribution in [-0.2, 0) is 4.79 Å². The number of anilines is 1. The van der Waals surface area contributed by atoms with Crippen molar-refractivity contribution in [2.45, 2.75) is 6.42 Å². The number of halogens is 2. The molecule has 2 rings (SSSR count). The van der Waals surface area contributed by atoms with E-state index in [0.717, 1.165) is 0 Å². The van der Waals surface area contributed by atoms with E-state index < -0.39 is 11.8 Å². The summed E-state index contributed by atoms with van der Waals surface area (Å²) in [5, 5.41) is 11.1. The molecule has 0 bridgehead atoms. The largest absolute Gasteiger partial charge is 0.481 e. The molecule has 1 aromatic rings. The minimum absolute atomic E-state index is 0.0000516. The third-order valence-electron chi connectivity index (χ3n) is 2.88. The molecule has 19 heavy (non-hydrogen) atoms. The number of carboxylic acid groups (broad SMARTS) is 1. The molecule has 0 radical (unpaired) electrons. The molecule has 2 amide bonds. The molecule has 1 heterocycles. The van der Waals surface area contributed by atoms with Gasteiger partial charge in [0.25, 0.3) is 0 Å². The van der Waals surface area contributed by atoms with E-state index in [1.807, 2.05) is 0 Å². The Kier molecular flexibility index (Phi) is 3.90. The van der Waals surface area contributed by atoms with Crippen molar-refractivity contribution in [3.8, 4) is 0 Å². The van der Waals surface area contributed by atoms with Crippen LogP contribution in [0.15, 0.2) is 18.2 Å². The van der Waals surface area contributed by atoms with Crippen molar-refractivity contribution in [1.82, 2.24) is 4.90 Å². The molecule has 1 aliphatic heterocycles. The molecule has 0 spiro atoms. The summed E-state index contributed by atoms with van der Waals surface area (Å²) in [5.74, 6) is -1.42. The zero-order chi connectivity index (χ0) is 14.0. The summed E-state index contributed by atoms with van der Waals surface area (Å²) in [6.07, 6.45) is 0.0617. The maximum Gasteiger partial charge on any atom is 0.321 e. The van der Waals surface area contributed by atoms with Crippen molar-refractivity contribution in [1.29, 1.82) is 0 Å². The highest BCUT2D eigenvalue weighted by atomic mass is 35.5. The van der Waals surface area contributed by atoms with Crippen molar-refractivity contribution in [3.05, 3.63) is 29.0 Å². The van der Waals surface area contributed by atoms with E-state index in [1.165, 1.54) is 23.1 Å². The zero-order valence-electron chi connectivity index (χ0n) is 9.90. The number of carbonyl (C=O) groups is 2. The summed E-state index contributed by atoms with van der Waals surface area (Å²) in [7, 11) is 0. The van der Waals surface area contributed by atoms with Crippen molar-refractivity contribution in [3.63, 3.8) is 0 Å². The lowest BCUT2D eigenvalue weighted by Crippen LogP contribution is -2.52. The van der Waals surface area contributed by atoms with Crippen LogP contribution < -0.4 is 5.32 Å². The minimum Gasteiger partial charge on any atom is -0.481 e. The highest BCUT2D eigenvalue weighted by Gasteiger charge is 2.32. The topological polar surface area (TPSA) is 69.6 Å². The Balaban J connectivity index is 1.85. The van der Waals surface area contributed by atoms with E-state index in [9.17, 15) is 14.0 Å². The van der Waals surface area contributed by atoms with Crippen LogP contribution >= 0.6 is 11.6 Å². The van der Waals surface area contributed by atoms with Gasteiger partial charge in [0.1, 0.15) is 5.82 Å². The molecule has 0 atom stereocenters. The van der Waals surface area contributed by atoms with Crippen LogP contribution in [0.25, 0.3) is 0 Å². The number of hydrogen-bond acceptors (Lipinski definition) is 2. The first-order chi connectivity index (χ1) is 8.95. The molecule has 1 aromatic carbocycles. The summed E-state index contributed by atoms with van der Waals surface area (Å²) >= 11 is 5.60. The average molecular weight is 287 g/mol. The van der Waals surface area contributed by atoms with Gasteiger partial charge in [0.05, 0.1) is 11.4 Å². The maximum absolute atomic E-state index is 12.9. The predicted molar refractivity (Wildman–Crippen MR) is 67.7 cm³/mol. The Hall–Kier alpha value is -1.82. The Morgan fingerprint density at radius 3 is 2.74 bits per heavy atom. The van der Waals surface area contributed by atoms with E-state index in [0.29, 0.717) is 18.8 Å². The molecule has 0 unspecified atom stereocenters. The van der Waals surface area contributed by atoms with E-state index in [1.54, 1.807) is 0 Å². The van der Waals surface area contributed by atoms with Crippen LogP contribution in [0.2, 0.25) is 5.02 Å². The van der Waals surface area contributed by atoms with E-state index in [-0.39, 0.29) is 23.4 Å². The van der Waals surface area contributed by atoms with Crippen LogP contribution in [0.4, 0.5) is 14.9 Å². The summed E-state index contributed by atoms with van der Waals surface area (Å²) in [6.45, 7) is 0.820. The van der Waals surface area contributed by atoms with E-state index in [2.05, 4.69) is 5.32 Å². The standard InChI is InChI=1S/C12H12ClFN2O3/c13-9-4-8(1-2-10(9)14)15-12(19)16-5-7(6-16)3-11(17)18/h1-2,4,7H,3,5-6H2,(H,15,19)(H,17,18). The second-order valence-electron chi connectivity index (χ2n) is 4.43. The van der Waals surface area contributed by atoms with Gasteiger partial charge in [-0.3, -0.25) is 4.79 Å². The third-order valence-corrected chi connectivity index (χ3v) is 3.17. The molecule has 102 valence electrons. The van der Waals surface area contributed by atoms with Gasteiger partial charge in [-0.2, -0.15) is 0 Å². The molecular formula is C12H12ClFN2O3. The monoisotopic (exact) mass is 286 g/mol. The molecule has 0 saturated carbocycles. The second kappa shape index (κ2) is 5.44. The predicted octanol–water partition coefficient (Wildman–Crippen LogP) is 2.42. The van der Waals surface area contributed by atoms with Crippen LogP contribution in [0.3, 0.4) is 0 Å². The molecule has 1 fully saturated rings. The highest BCUT2D eigenvalue weighted by molar-refractivity contribution is 6.31. The molecule has 1 saturated heterocycles. The number of hydrogen-bond donors (Lipinski definition) is 2. The van der Waals surface area contributed by atoms with Crippen molar-refractivity contribution >= 4 is 29.3 Å². The number of rotatable bonds is 3. The van der Waals surface area contributed by atoms with Crippen molar-refractivity contribution in [2.75, 3.05) is 18.4 Å². The van der Waals surface area contributed by atoms with E-state index >= 15 is 0 Å². The first-order valence-electron chi connectivity index (χ1n) is 5.68. The number of nitrogens with one attached hydrogen (secondary N) is 1. The Morgan fingerprint density at radius 1 is 1.47 bits per heavy atom. The number of urea groups is 1. The SMILES string of the molecule is O=C(O)CC1CN(C(=O)Nc2ccc(F)c(Cl)c2)C1.